The van der Waals surface area contributed by atoms with Crippen LogP contribution >= 0.6 is 0 Å². The van der Waals surface area contributed by atoms with Crippen LogP contribution in [0.5, 0.6) is 0 Å². The van der Waals surface area contributed by atoms with Crippen LogP contribution in [0.1, 0.15) is 51.4 Å². The van der Waals surface area contributed by atoms with E-state index in [4.69, 9.17) is 23.6 Å². The lowest BCUT2D eigenvalue weighted by Crippen LogP contribution is -2.58. The topological polar surface area (TPSA) is 206 Å². The Morgan fingerprint density at radius 3 is 2.29 bits per heavy atom. The third-order valence-electron chi connectivity index (χ3n) is 11.4. The van der Waals surface area contributed by atoms with Crippen LogP contribution in [0.25, 0.3) is 28.1 Å². The van der Waals surface area contributed by atoms with Crippen LogP contribution in [0.2, 0.25) is 0 Å². The number of imidazole rings is 1. The Morgan fingerprint density at radius 2 is 1.59 bits per heavy atom. The van der Waals surface area contributed by atoms with E-state index in [2.05, 4.69) is 25.5 Å². The van der Waals surface area contributed by atoms with Gasteiger partial charge in [-0.3, -0.25) is 23.6 Å². The van der Waals surface area contributed by atoms with Crippen molar-refractivity contribution in [3.8, 4) is 11.3 Å². The SMILES string of the molecule is Cc1ncoc1-c1ccc([C@H](C)NC(=O)[C@@H]2C[C@@H](O)CN2C(=O)C(NC(=O)COCCOCCOCC(=O)N2CCN(c3ccn4c(n3)nc3ccccc34)CC2)C(C)(C)C)cc1. The van der Waals surface area contributed by atoms with Crippen LogP contribution in [0.4, 0.5) is 5.82 Å². The molecule has 0 saturated carbocycles. The lowest BCUT2D eigenvalue weighted by molar-refractivity contribution is -0.144. The average Bonchev–Trinajstić information content (AvgIpc) is 4.00. The molecule has 4 atom stereocenters. The quantitative estimate of drug-likeness (QED) is 0.115. The van der Waals surface area contributed by atoms with Gasteiger partial charge in [0.15, 0.2) is 12.2 Å². The van der Waals surface area contributed by atoms with E-state index in [0.29, 0.717) is 37.7 Å². The number of para-hydroxylation sites is 2. The fourth-order valence-corrected chi connectivity index (χ4v) is 7.87. The van der Waals surface area contributed by atoms with Gasteiger partial charge in [0.25, 0.3) is 0 Å². The Balaban J connectivity index is 0.776. The molecule has 3 N–H and O–H groups in total. The molecule has 0 spiro atoms. The van der Waals surface area contributed by atoms with E-state index in [1.54, 1.807) is 4.90 Å². The number of oxazole rings is 1. The number of β-amino-alcohol motifs (C(OH)–C–C–N with tert-alkyl or cyclic N) is 1. The van der Waals surface area contributed by atoms with E-state index in [1.165, 1.54) is 11.3 Å². The lowest BCUT2D eigenvalue weighted by Gasteiger charge is -2.35. The van der Waals surface area contributed by atoms with Crippen molar-refractivity contribution in [2.75, 3.05) is 77.3 Å². The summed E-state index contributed by atoms with van der Waals surface area (Å²) in [6.07, 6.45) is 2.55. The number of nitrogens with zero attached hydrogens (tertiary/aromatic N) is 7. The molecule has 18 nitrogen and oxygen atoms in total. The van der Waals surface area contributed by atoms with Gasteiger partial charge in [-0.05, 0) is 43.0 Å². The standard InChI is InChI=1S/C45H57N9O9/c1-29(31-10-12-32(13-11-31)40-30(2)46-28-63-40)47-42(58)36-24-33(55)25-54(36)43(59)41(45(3,4)5)50-38(56)26-61-22-20-60-21-23-62-27-39(57)52-18-16-51(17-19-52)37-14-15-53-35-9-7-6-8-34(35)48-44(53)49-37/h6-15,28-29,33,36,41,55H,16-27H2,1-5H3,(H,47,58)(H,50,56)/t29-,33+,36-,41?/m0/s1. The van der Waals surface area contributed by atoms with Crippen LogP contribution in [0.3, 0.4) is 0 Å². The van der Waals surface area contributed by atoms with E-state index in [0.717, 1.165) is 33.7 Å². The van der Waals surface area contributed by atoms with Gasteiger partial charge in [-0.15, -0.1) is 0 Å². The molecule has 0 radical (unpaired) electrons. The average molecular weight is 868 g/mol. The van der Waals surface area contributed by atoms with Crippen molar-refractivity contribution in [1.29, 1.82) is 0 Å². The molecule has 1 unspecified atom stereocenters. The molecule has 18 heteroatoms. The first-order chi connectivity index (χ1) is 30.3. The van der Waals surface area contributed by atoms with Crippen molar-refractivity contribution in [1.82, 2.24) is 39.8 Å². The zero-order chi connectivity index (χ0) is 44.7. The van der Waals surface area contributed by atoms with Crippen molar-refractivity contribution in [3.63, 3.8) is 0 Å². The van der Waals surface area contributed by atoms with Gasteiger partial charge in [0.05, 0.1) is 55.3 Å². The van der Waals surface area contributed by atoms with Gasteiger partial charge in [0.2, 0.25) is 29.4 Å². The molecule has 0 aliphatic carbocycles. The molecule has 5 aromatic rings. The van der Waals surface area contributed by atoms with Crippen LogP contribution in [-0.2, 0) is 33.4 Å². The predicted octanol–water partition coefficient (Wildman–Crippen LogP) is 2.91. The molecule has 2 fully saturated rings. The first-order valence-electron chi connectivity index (χ1n) is 21.4. The Kier molecular flexibility index (Phi) is 14.3. The van der Waals surface area contributed by atoms with Gasteiger partial charge in [-0.25, -0.2) is 9.97 Å². The largest absolute Gasteiger partial charge is 0.443 e. The van der Waals surface area contributed by atoms with E-state index in [9.17, 15) is 24.3 Å². The van der Waals surface area contributed by atoms with Crippen molar-refractivity contribution >= 4 is 46.3 Å². The first-order valence-corrected chi connectivity index (χ1v) is 21.4. The number of aryl methyl sites for hydroxylation is 1. The number of aliphatic hydroxyl groups excluding tert-OH is 1. The Morgan fingerprint density at radius 1 is 0.889 bits per heavy atom. The molecule has 2 aliphatic rings. The molecule has 2 aromatic carbocycles. The molecular weight excluding hydrogens is 811 g/mol. The van der Waals surface area contributed by atoms with E-state index >= 15 is 0 Å². The molecule has 4 amide bonds. The monoisotopic (exact) mass is 867 g/mol. The van der Waals surface area contributed by atoms with Crippen LogP contribution in [-0.4, -0.2) is 148 Å². The van der Waals surface area contributed by atoms with Crippen LogP contribution in [0, 0.1) is 12.3 Å². The first kappa shape index (κ1) is 45.1. The molecular formula is C45H57N9O9. The maximum absolute atomic E-state index is 14.0. The van der Waals surface area contributed by atoms with E-state index < -0.39 is 41.3 Å². The van der Waals surface area contributed by atoms with E-state index in [1.807, 2.05) is 99.8 Å². The van der Waals surface area contributed by atoms with Crippen molar-refractivity contribution in [3.05, 3.63) is 78.4 Å². The van der Waals surface area contributed by atoms with Gasteiger partial charge in [-0.2, -0.15) is 4.98 Å². The minimum absolute atomic E-state index is 0.0387. The second kappa shape index (κ2) is 20.0. The number of amides is 4. The summed E-state index contributed by atoms with van der Waals surface area (Å²) in [5.41, 5.74) is 3.66. The normalized spacial score (nSPS) is 17.9. The number of likely N-dealkylation sites (tertiary alicyclic amines) is 1. The minimum Gasteiger partial charge on any atom is -0.443 e. The van der Waals surface area contributed by atoms with Crippen LogP contribution in [0.15, 0.2) is 71.6 Å². The number of ether oxygens (including phenoxy) is 3. The lowest BCUT2D eigenvalue weighted by atomic mass is 9.85. The van der Waals surface area contributed by atoms with Crippen molar-refractivity contribution in [2.45, 2.75) is 65.3 Å². The highest BCUT2D eigenvalue weighted by Gasteiger charge is 2.44. The number of aliphatic hydroxyl groups is 1. The highest BCUT2D eigenvalue weighted by atomic mass is 16.5. The molecule has 2 aliphatic heterocycles. The zero-order valence-electron chi connectivity index (χ0n) is 36.5. The Hall–Kier alpha value is -5.95. The van der Waals surface area contributed by atoms with Gasteiger partial charge in [0.1, 0.15) is 31.1 Å². The van der Waals surface area contributed by atoms with Crippen molar-refractivity contribution < 1.29 is 42.9 Å². The highest BCUT2D eigenvalue weighted by Crippen LogP contribution is 2.28. The summed E-state index contributed by atoms with van der Waals surface area (Å²) in [6.45, 7) is 11.9. The van der Waals surface area contributed by atoms with Gasteiger partial charge in [0, 0.05) is 50.9 Å². The van der Waals surface area contributed by atoms with Crippen molar-refractivity contribution in [2.24, 2.45) is 5.41 Å². The number of carbonyl (C=O) groups is 4. The summed E-state index contributed by atoms with van der Waals surface area (Å²) >= 11 is 0. The molecule has 3 aromatic heterocycles. The maximum Gasteiger partial charge on any atom is 0.248 e. The number of fused-ring (bicyclic) bond motifs is 3. The molecule has 63 heavy (non-hydrogen) atoms. The molecule has 5 heterocycles. The molecule has 7 rings (SSSR count). The smallest absolute Gasteiger partial charge is 0.248 e. The Labute approximate surface area is 365 Å². The number of hydrogen-bond donors (Lipinski definition) is 3. The van der Waals surface area contributed by atoms with Gasteiger partial charge in [-0.1, -0.05) is 57.2 Å². The molecule has 2 saturated heterocycles. The predicted molar refractivity (Wildman–Crippen MR) is 232 cm³/mol. The van der Waals surface area contributed by atoms with E-state index in [-0.39, 0.29) is 64.6 Å². The minimum atomic E-state index is -0.991. The summed E-state index contributed by atoms with van der Waals surface area (Å²) in [5.74, 6) is 0.677. The summed E-state index contributed by atoms with van der Waals surface area (Å²) in [4.78, 5) is 72.2. The number of aromatic nitrogens is 4. The maximum atomic E-state index is 14.0. The van der Waals surface area contributed by atoms with Crippen LogP contribution < -0.4 is 15.5 Å². The second-order valence-electron chi connectivity index (χ2n) is 17.0. The number of nitrogens with one attached hydrogen (secondary N) is 2. The number of rotatable bonds is 17. The summed E-state index contributed by atoms with van der Waals surface area (Å²) in [6, 6.07) is 15.2. The third kappa shape index (κ3) is 11.0. The number of anilines is 1. The number of hydrogen-bond acceptors (Lipinski definition) is 13. The summed E-state index contributed by atoms with van der Waals surface area (Å²) < 4.78 is 24.1. The zero-order valence-corrected chi connectivity index (χ0v) is 36.5. The number of carbonyl (C=O) groups excluding carboxylic acids is 4. The molecule has 336 valence electrons. The number of benzene rings is 2. The van der Waals surface area contributed by atoms with Gasteiger partial charge < -0.3 is 49.1 Å². The Bertz CT molecular complexity index is 2370. The fourth-order valence-electron chi connectivity index (χ4n) is 7.87. The highest BCUT2D eigenvalue weighted by molar-refractivity contribution is 5.93. The summed E-state index contributed by atoms with van der Waals surface area (Å²) in [5, 5.41) is 16.4. The second-order valence-corrected chi connectivity index (χ2v) is 17.0. The number of piperazine rings is 1. The van der Waals surface area contributed by atoms with Gasteiger partial charge >= 0.3 is 0 Å². The fraction of sp³-hybridized carbons (Fsp3) is 0.489. The molecule has 0 bridgehead atoms. The summed E-state index contributed by atoms with van der Waals surface area (Å²) in [7, 11) is 0. The third-order valence-corrected chi connectivity index (χ3v) is 11.4.